The van der Waals surface area contributed by atoms with Crippen LogP contribution in [0, 0.1) is 20.8 Å². The maximum Gasteiger partial charge on any atom is 0.282 e. The van der Waals surface area contributed by atoms with Crippen LogP contribution < -0.4 is 15.0 Å². The van der Waals surface area contributed by atoms with E-state index < -0.39 is 0 Å². The molecule has 6 heteroatoms. The summed E-state index contributed by atoms with van der Waals surface area (Å²) in [6.07, 6.45) is 0. The molecule has 3 aromatic rings. The van der Waals surface area contributed by atoms with Gasteiger partial charge in [-0.05, 0) is 67.1 Å². The van der Waals surface area contributed by atoms with Crippen molar-refractivity contribution in [3.63, 3.8) is 0 Å². The highest BCUT2D eigenvalue weighted by Crippen LogP contribution is 2.38. The van der Waals surface area contributed by atoms with E-state index in [4.69, 9.17) is 4.74 Å². The zero-order chi connectivity index (χ0) is 21.4. The van der Waals surface area contributed by atoms with Gasteiger partial charge < -0.3 is 10.1 Å². The molecule has 30 heavy (non-hydrogen) atoms. The lowest BCUT2D eigenvalue weighted by atomic mass is 10.1. The number of aryl methyl sites for hydroxylation is 2. The second-order valence-corrected chi connectivity index (χ2v) is 8.17. The van der Waals surface area contributed by atoms with Gasteiger partial charge in [0.1, 0.15) is 11.4 Å². The molecule has 0 radical (unpaired) electrons. The molecule has 0 bridgehead atoms. The molecule has 1 aliphatic heterocycles. The average Bonchev–Trinajstić information content (AvgIpc) is 3.32. The molecule has 2 amide bonds. The molecule has 0 aliphatic carbocycles. The highest BCUT2D eigenvalue weighted by molar-refractivity contribution is 7.11. The normalized spacial score (nSPS) is 13.9. The summed E-state index contributed by atoms with van der Waals surface area (Å²) in [4.78, 5) is 29.0. The Morgan fingerprint density at radius 3 is 2.47 bits per heavy atom. The quantitative estimate of drug-likeness (QED) is 0.587. The number of rotatable bonds is 5. The van der Waals surface area contributed by atoms with Crippen molar-refractivity contribution >= 4 is 40.1 Å². The Labute approximate surface area is 179 Å². The smallest absolute Gasteiger partial charge is 0.282 e. The Kier molecular flexibility index (Phi) is 5.18. The van der Waals surface area contributed by atoms with Crippen LogP contribution in [0.5, 0.6) is 5.75 Å². The number of imide groups is 1. The van der Waals surface area contributed by atoms with Gasteiger partial charge in [-0.3, -0.25) is 9.59 Å². The van der Waals surface area contributed by atoms with Gasteiger partial charge >= 0.3 is 0 Å². The van der Waals surface area contributed by atoms with Crippen molar-refractivity contribution < 1.29 is 14.3 Å². The first kappa shape index (κ1) is 19.9. The number of nitrogens with zero attached hydrogens (tertiary/aromatic N) is 1. The van der Waals surface area contributed by atoms with Crippen molar-refractivity contribution in [3.05, 3.63) is 81.2 Å². The summed E-state index contributed by atoms with van der Waals surface area (Å²) < 4.78 is 5.45. The van der Waals surface area contributed by atoms with E-state index in [-0.39, 0.29) is 17.5 Å². The van der Waals surface area contributed by atoms with Gasteiger partial charge in [-0.25, -0.2) is 4.90 Å². The molecule has 0 saturated heterocycles. The van der Waals surface area contributed by atoms with Gasteiger partial charge in [0.2, 0.25) is 0 Å². The zero-order valence-electron chi connectivity index (χ0n) is 17.3. The van der Waals surface area contributed by atoms with Gasteiger partial charge in [-0.1, -0.05) is 24.3 Å². The van der Waals surface area contributed by atoms with E-state index in [1.54, 1.807) is 13.2 Å². The first-order valence-corrected chi connectivity index (χ1v) is 10.4. The Morgan fingerprint density at radius 2 is 1.77 bits per heavy atom. The fourth-order valence-electron chi connectivity index (χ4n) is 3.55. The van der Waals surface area contributed by atoms with Crippen LogP contribution in [0.2, 0.25) is 0 Å². The molecule has 0 spiro atoms. The number of anilines is 2. The van der Waals surface area contributed by atoms with Gasteiger partial charge in [-0.2, -0.15) is 0 Å². The molecule has 152 valence electrons. The van der Waals surface area contributed by atoms with Crippen molar-refractivity contribution in [2.75, 3.05) is 17.3 Å². The predicted molar refractivity (Wildman–Crippen MR) is 121 cm³/mol. The average molecular weight is 419 g/mol. The number of ether oxygens (including phenoxy) is 1. The van der Waals surface area contributed by atoms with E-state index in [9.17, 15) is 9.59 Å². The van der Waals surface area contributed by atoms with E-state index in [0.717, 1.165) is 21.6 Å². The molecule has 0 unspecified atom stereocenters. The van der Waals surface area contributed by atoms with Gasteiger partial charge in [0, 0.05) is 4.88 Å². The van der Waals surface area contributed by atoms with Gasteiger partial charge in [-0.15, -0.1) is 11.3 Å². The van der Waals surface area contributed by atoms with Gasteiger partial charge in [0.25, 0.3) is 11.8 Å². The summed E-state index contributed by atoms with van der Waals surface area (Å²) in [5, 5.41) is 5.10. The number of hydrogen-bond acceptors (Lipinski definition) is 5. The van der Waals surface area contributed by atoms with E-state index in [1.807, 2.05) is 68.6 Å². The number of benzene rings is 2. The van der Waals surface area contributed by atoms with Crippen LogP contribution in [0.25, 0.3) is 5.57 Å². The van der Waals surface area contributed by atoms with Crippen LogP contribution in [0.15, 0.2) is 59.6 Å². The highest BCUT2D eigenvalue weighted by atomic mass is 32.1. The lowest BCUT2D eigenvalue weighted by Gasteiger charge is -2.19. The lowest BCUT2D eigenvalue weighted by molar-refractivity contribution is -0.120. The minimum atomic E-state index is -0.374. The molecule has 0 saturated carbocycles. The standard InChI is InChI=1S/C24H22N2O3S/c1-14-10-11-19(29-4)17(13-14)25-22-21(20-9-6-12-30-20)23(27)26(24(22)28)18-8-5-7-15(2)16(18)3/h5-13,25H,1-4H3. The van der Waals surface area contributed by atoms with E-state index in [1.165, 1.54) is 16.2 Å². The molecule has 0 atom stereocenters. The Hall–Kier alpha value is -3.38. The molecular weight excluding hydrogens is 396 g/mol. The minimum Gasteiger partial charge on any atom is -0.495 e. The molecule has 2 heterocycles. The molecule has 1 N–H and O–H groups in total. The minimum absolute atomic E-state index is 0.257. The topological polar surface area (TPSA) is 58.6 Å². The molecule has 1 aliphatic rings. The van der Waals surface area contributed by atoms with E-state index in [2.05, 4.69) is 5.32 Å². The van der Waals surface area contributed by atoms with Crippen molar-refractivity contribution in [1.82, 2.24) is 0 Å². The van der Waals surface area contributed by atoms with Gasteiger partial charge in [0.15, 0.2) is 0 Å². The maximum atomic E-state index is 13.5. The molecule has 0 fully saturated rings. The van der Waals surface area contributed by atoms with E-state index in [0.29, 0.717) is 22.7 Å². The van der Waals surface area contributed by atoms with Crippen molar-refractivity contribution in [1.29, 1.82) is 0 Å². The van der Waals surface area contributed by atoms with Crippen LogP contribution in [0.1, 0.15) is 21.6 Å². The zero-order valence-corrected chi connectivity index (χ0v) is 18.1. The second-order valence-electron chi connectivity index (χ2n) is 7.22. The number of carbonyl (C=O) groups excluding carboxylic acids is 2. The Balaban J connectivity index is 1.85. The number of thiophene rings is 1. The fraction of sp³-hybridized carbons (Fsp3) is 0.167. The number of hydrogen-bond donors (Lipinski definition) is 1. The third kappa shape index (κ3) is 3.29. The van der Waals surface area contributed by atoms with Crippen LogP contribution in [-0.4, -0.2) is 18.9 Å². The number of carbonyl (C=O) groups is 2. The number of methoxy groups -OCH3 is 1. The summed E-state index contributed by atoms with van der Waals surface area (Å²) in [7, 11) is 1.58. The molecule has 1 aromatic heterocycles. The van der Waals surface area contributed by atoms with Crippen molar-refractivity contribution in [2.24, 2.45) is 0 Å². The van der Waals surface area contributed by atoms with Gasteiger partial charge in [0.05, 0.1) is 24.1 Å². The third-order valence-corrected chi connectivity index (χ3v) is 6.17. The van der Waals surface area contributed by atoms with Crippen LogP contribution in [0.4, 0.5) is 11.4 Å². The highest BCUT2D eigenvalue weighted by Gasteiger charge is 2.41. The number of amides is 2. The summed E-state index contributed by atoms with van der Waals surface area (Å²) in [5.41, 5.74) is 4.82. The maximum absolute atomic E-state index is 13.5. The fourth-order valence-corrected chi connectivity index (χ4v) is 4.31. The monoisotopic (exact) mass is 418 g/mol. The molecular formula is C24H22N2O3S. The Morgan fingerprint density at radius 1 is 0.967 bits per heavy atom. The third-order valence-electron chi connectivity index (χ3n) is 5.28. The van der Waals surface area contributed by atoms with Crippen LogP contribution >= 0.6 is 11.3 Å². The summed E-state index contributed by atoms with van der Waals surface area (Å²) in [6.45, 7) is 5.85. The Bertz CT molecular complexity index is 1180. The molecule has 4 rings (SSSR count). The van der Waals surface area contributed by atoms with Crippen LogP contribution in [0.3, 0.4) is 0 Å². The first-order chi connectivity index (χ1) is 14.4. The lowest BCUT2D eigenvalue weighted by Crippen LogP contribution is -2.33. The molecule has 5 nitrogen and oxygen atoms in total. The largest absolute Gasteiger partial charge is 0.495 e. The van der Waals surface area contributed by atoms with E-state index >= 15 is 0 Å². The van der Waals surface area contributed by atoms with Crippen LogP contribution in [-0.2, 0) is 9.59 Å². The summed E-state index contributed by atoms with van der Waals surface area (Å²) in [5.74, 6) is -0.102. The molecule has 2 aromatic carbocycles. The van der Waals surface area contributed by atoms with Crippen molar-refractivity contribution in [2.45, 2.75) is 20.8 Å². The second kappa shape index (κ2) is 7.80. The van der Waals surface area contributed by atoms with Crippen molar-refractivity contribution in [3.8, 4) is 5.75 Å². The number of nitrogens with one attached hydrogen (secondary N) is 1. The predicted octanol–water partition coefficient (Wildman–Crippen LogP) is 5.08. The summed E-state index contributed by atoms with van der Waals surface area (Å²) in [6, 6.07) is 15.0. The first-order valence-electron chi connectivity index (χ1n) is 9.57. The summed E-state index contributed by atoms with van der Waals surface area (Å²) >= 11 is 1.43. The SMILES string of the molecule is COc1ccc(C)cc1NC1=C(c2cccs2)C(=O)N(c2cccc(C)c2C)C1=O.